The average molecular weight is 681 g/mol. The number of rotatable bonds is 19. The first-order chi connectivity index (χ1) is 23.2. The molecule has 13 heteroatoms. The number of carboxylic acid groups (broad SMARTS) is 1. The number of nitrogens with zero attached hydrogens (tertiary/aromatic N) is 2. The fourth-order valence-electron chi connectivity index (χ4n) is 6.03. The molecule has 0 spiro atoms. The molecule has 3 saturated heterocycles. The monoisotopic (exact) mass is 680 g/mol. The van der Waals surface area contributed by atoms with Crippen molar-refractivity contribution in [2.45, 2.75) is 96.0 Å². The van der Waals surface area contributed by atoms with Crippen molar-refractivity contribution in [1.29, 1.82) is 0 Å². The van der Waals surface area contributed by atoms with E-state index in [-0.39, 0.29) is 24.6 Å². The lowest BCUT2D eigenvalue weighted by Gasteiger charge is -2.40. The largest absolute Gasteiger partial charge is 0.491 e. The molecule has 3 aliphatic heterocycles. The van der Waals surface area contributed by atoms with E-state index in [1.54, 1.807) is 49.9 Å². The average Bonchev–Trinajstić information content (AvgIpc) is 3.56. The van der Waals surface area contributed by atoms with Crippen LogP contribution >= 0.6 is 0 Å². The number of hydrogen-bond donors (Lipinski definition) is 1. The Morgan fingerprint density at radius 3 is 1.92 bits per heavy atom. The summed E-state index contributed by atoms with van der Waals surface area (Å²) in [5, 5.41) is 10.2. The third-order valence-electron chi connectivity index (χ3n) is 8.49. The molecule has 4 rings (SSSR count). The first-order valence-electron chi connectivity index (χ1n) is 17.5. The van der Waals surface area contributed by atoms with Crippen LogP contribution in [0.15, 0.2) is 24.3 Å². The summed E-state index contributed by atoms with van der Waals surface area (Å²) in [6, 6.07) is 6.01. The van der Waals surface area contributed by atoms with E-state index in [2.05, 4.69) is 0 Å². The molecule has 4 atom stereocenters. The van der Waals surface area contributed by atoms with E-state index in [4.69, 9.17) is 37.9 Å². The molecule has 0 aliphatic carbocycles. The first kappa shape index (κ1) is 38.3. The number of carbonyl (C=O) groups is 2. The second-order valence-electron chi connectivity index (χ2n) is 13.3. The Bertz CT molecular complexity index is 1070. The van der Waals surface area contributed by atoms with E-state index in [1.807, 2.05) is 0 Å². The van der Waals surface area contributed by atoms with Crippen LogP contribution in [-0.2, 0) is 38.0 Å². The molecule has 272 valence electrons. The molecular weight excluding hydrogens is 624 g/mol. The minimum absolute atomic E-state index is 0.109. The van der Waals surface area contributed by atoms with Crippen molar-refractivity contribution in [3.63, 3.8) is 0 Å². The van der Waals surface area contributed by atoms with Gasteiger partial charge >= 0.3 is 6.09 Å². The SMILES string of the molecule is CC(C)(C)N(C(=O)O)C(C(=O)N1CC[C@@H](OCCOCCOCCOC2CCCCO2)C1)c1ccc(OCCOC2CCCCO2)cc1. The van der Waals surface area contributed by atoms with Gasteiger partial charge in [-0.05, 0) is 83.4 Å². The standard InChI is InChI=1S/C35H56N2O11/c1-35(2,3)37(34(39)40)32(27-10-12-28(13-11-27)43-24-25-48-31-9-5-7-17-46-31)33(38)36-15-14-29(26-36)44-22-20-41-18-19-42-21-23-47-30-8-4-6-16-45-30/h10-13,29-32H,4-9,14-26H2,1-3H3,(H,39,40)/t29-,30?,31?,32?/m1/s1. The molecule has 1 aromatic rings. The number of carbonyl (C=O) groups excluding carboxylic acids is 1. The lowest BCUT2D eigenvalue weighted by atomic mass is 9.97. The van der Waals surface area contributed by atoms with Gasteiger partial charge in [0.25, 0.3) is 0 Å². The minimum atomic E-state index is -1.16. The third kappa shape index (κ3) is 12.7. The summed E-state index contributed by atoms with van der Waals surface area (Å²) in [6.07, 6.45) is 5.27. The summed E-state index contributed by atoms with van der Waals surface area (Å²) in [5.41, 5.74) is -0.252. The van der Waals surface area contributed by atoms with Crippen molar-refractivity contribution < 1.29 is 52.6 Å². The lowest BCUT2D eigenvalue weighted by Crippen LogP contribution is -2.52. The van der Waals surface area contributed by atoms with E-state index in [1.165, 1.54) is 4.90 Å². The predicted molar refractivity (Wildman–Crippen MR) is 176 cm³/mol. The second-order valence-corrected chi connectivity index (χ2v) is 13.3. The Labute approximate surface area is 285 Å². The maximum Gasteiger partial charge on any atom is 0.408 e. The normalized spacial score (nSPS) is 22.4. The molecule has 1 aromatic carbocycles. The Balaban J connectivity index is 1.19. The van der Waals surface area contributed by atoms with Gasteiger partial charge in [-0.3, -0.25) is 9.69 Å². The number of likely N-dealkylation sites (tertiary alicyclic amines) is 1. The van der Waals surface area contributed by atoms with Crippen molar-refractivity contribution >= 4 is 12.0 Å². The highest BCUT2D eigenvalue weighted by Crippen LogP contribution is 2.33. The maximum absolute atomic E-state index is 14.0. The van der Waals surface area contributed by atoms with Crippen LogP contribution in [0, 0.1) is 0 Å². The maximum atomic E-state index is 14.0. The number of amides is 2. The van der Waals surface area contributed by atoms with E-state index in [0.717, 1.165) is 51.7 Å². The predicted octanol–water partition coefficient (Wildman–Crippen LogP) is 4.62. The molecule has 0 radical (unpaired) electrons. The summed E-state index contributed by atoms with van der Waals surface area (Å²) in [7, 11) is 0. The molecule has 48 heavy (non-hydrogen) atoms. The molecule has 13 nitrogen and oxygen atoms in total. The van der Waals surface area contributed by atoms with Gasteiger partial charge in [-0.15, -0.1) is 0 Å². The molecule has 0 bridgehead atoms. The molecule has 3 heterocycles. The van der Waals surface area contributed by atoms with Gasteiger partial charge in [0, 0.05) is 31.8 Å². The highest BCUT2D eigenvalue weighted by Gasteiger charge is 2.42. The van der Waals surface area contributed by atoms with Crippen molar-refractivity contribution in [2.24, 2.45) is 0 Å². The van der Waals surface area contributed by atoms with Gasteiger partial charge < -0.3 is 47.9 Å². The van der Waals surface area contributed by atoms with Crippen LogP contribution in [0.3, 0.4) is 0 Å². The fraction of sp³-hybridized carbons (Fsp3) is 0.771. The van der Waals surface area contributed by atoms with Crippen LogP contribution in [0.25, 0.3) is 0 Å². The highest BCUT2D eigenvalue weighted by molar-refractivity contribution is 5.87. The van der Waals surface area contributed by atoms with E-state index in [9.17, 15) is 14.7 Å². The number of hydrogen-bond acceptors (Lipinski definition) is 10. The summed E-state index contributed by atoms with van der Waals surface area (Å²) in [5.74, 6) is 0.332. The van der Waals surface area contributed by atoms with Crippen LogP contribution in [0.1, 0.15) is 77.3 Å². The van der Waals surface area contributed by atoms with E-state index in [0.29, 0.717) is 83.7 Å². The van der Waals surface area contributed by atoms with Crippen molar-refractivity contribution in [3.05, 3.63) is 29.8 Å². The Morgan fingerprint density at radius 2 is 1.38 bits per heavy atom. The van der Waals surface area contributed by atoms with Crippen LogP contribution < -0.4 is 4.74 Å². The zero-order valence-corrected chi connectivity index (χ0v) is 29.0. The van der Waals surface area contributed by atoms with Crippen LogP contribution in [0.4, 0.5) is 4.79 Å². The van der Waals surface area contributed by atoms with Gasteiger partial charge in [0.2, 0.25) is 5.91 Å². The van der Waals surface area contributed by atoms with Crippen molar-refractivity contribution in [3.8, 4) is 5.75 Å². The van der Waals surface area contributed by atoms with E-state index < -0.39 is 17.7 Å². The molecule has 3 unspecified atom stereocenters. The fourth-order valence-corrected chi connectivity index (χ4v) is 6.03. The van der Waals surface area contributed by atoms with Gasteiger partial charge in [-0.1, -0.05) is 12.1 Å². The topological polar surface area (TPSA) is 135 Å². The van der Waals surface area contributed by atoms with Gasteiger partial charge in [0.15, 0.2) is 12.6 Å². The third-order valence-corrected chi connectivity index (χ3v) is 8.49. The summed E-state index contributed by atoms with van der Waals surface area (Å²) in [6.45, 7) is 11.2. The molecule has 1 N–H and O–H groups in total. The first-order valence-corrected chi connectivity index (χ1v) is 17.5. The number of ether oxygens (including phenoxy) is 8. The van der Waals surface area contributed by atoms with Crippen LogP contribution in [0.5, 0.6) is 5.75 Å². The van der Waals surface area contributed by atoms with Gasteiger partial charge in [0.05, 0.1) is 52.4 Å². The minimum Gasteiger partial charge on any atom is -0.491 e. The molecule has 0 aromatic heterocycles. The summed E-state index contributed by atoms with van der Waals surface area (Å²) >= 11 is 0. The molecule has 2 amide bonds. The number of benzene rings is 1. The summed E-state index contributed by atoms with van der Waals surface area (Å²) in [4.78, 5) is 29.4. The Kier molecular flexibility index (Phi) is 16.1. The van der Waals surface area contributed by atoms with Crippen LogP contribution in [0.2, 0.25) is 0 Å². The molecule has 3 aliphatic rings. The van der Waals surface area contributed by atoms with Gasteiger partial charge in [-0.2, -0.15) is 0 Å². The molecular formula is C35H56N2O11. The zero-order chi connectivity index (χ0) is 34.2. The van der Waals surface area contributed by atoms with Gasteiger partial charge in [-0.25, -0.2) is 4.79 Å². The Morgan fingerprint density at radius 1 is 0.812 bits per heavy atom. The Hall–Kier alpha value is -2.52. The quantitative estimate of drug-likeness (QED) is 0.205. The second kappa shape index (κ2) is 20.2. The molecule has 3 fully saturated rings. The lowest BCUT2D eigenvalue weighted by molar-refractivity contribution is -0.169. The van der Waals surface area contributed by atoms with Crippen molar-refractivity contribution in [1.82, 2.24) is 9.80 Å². The van der Waals surface area contributed by atoms with Gasteiger partial charge in [0.1, 0.15) is 18.4 Å². The van der Waals surface area contributed by atoms with E-state index >= 15 is 0 Å². The highest BCUT2D eigenvalue weighted by atomic mass is 16.7. The zero-order valence-electron chi connectivity index (χ0n) is 29.0. The molecule has 0 saturated carbocycles. The summed E-state index contributed by atoms with van der Waals surface area (Å²) < 4.78 is 45.5. The van der Waals surface area contributed by atoms with Crippen LogP contribution in [-0.4, -0.2) is 130 Å². The van der Waals surface area contributed by atoms with Crippen molar-refractivity contribution in [2.75, 3.05) is 79.2 Å². The smallest absolute Gasteiger partial charge is 0.408 e.